The van der Waals surface area contributed by atoms with Gasteiger partial charge in [-0.2, -0.15) is 5.10 Å². The van der Waals surface area contributed by atoms with Crippen molar-refractivity contribution >= 4 is 17.3 Å². The van der Waals surface area contributed by atoms with Crippen LogP contribution in [0, 0.1) is 13.8 Å². The Kier molecular flexibility index (Phi) is 3.55. The molecule has 3 N–H and O–H groups in total. The summed E-state index contributed by atoms with van der Waals surface area (Å²) in [6.45, 7) is 6.51. The Morgan fingerprint density at radius 1 is 1.32 bits per heavy atom. The molecule has 5 nitrogen and oxygen atoms in total. The largest absolute Gasteiger partial charge is 0.396 e. The number of hydrogen-bond acceptors (Lipinski definition) is 3. The molecule has 100 valence electrons. The molecule has 0 saturated heterocycles. The predicted molar refractivity (Wildman–Crippen MR) is 76.2 cm³/mol. The van der Waals surface area contributed by atoms with Gasteiger partial charge in [0.25, 0.3) is 5.91 Å². The fourth-order valence-electron chi connectivity index (χ4n) is 2.13. The first-order chi connectivity index (χ1) is 9.01. The number of nitrogens with one attached hydrogen (secondary N) is 1. The van der Waals surface area contributed by atoms with Crippen molar-refractivity contribution in [2.75, 3.05) is 11.1 Å². The Bertz CT molecular complexity index is 596. The Morgan fingerprint density at radius 3 is 2.53 bits per heavy atom. The number of hydrogen-bond donors (Lipinski definition) is 2. The van der Waals surface area contributed by atoms with E-state index in [4.69, 9.17) is 5.73 Å². The molecule has 1 aromatic carbocycles. The maximum atomic E-state index is 12.2. The van der Waals surface area contributed by atoms with Crippen molar-refractivity contribution in [2.45, 2.75) is 27.3 Å². The van der Waals surface area contributed by atoms with Gasteiger partial charge in [-0.3, -0.25) is 9.48 Å². The number of rotatable bonds is 3. The second-order valence-electron chi connectivity index (χ2n) is 4.59. The molecule has 0 saturated carbocycles. The standard InChI is InChI=1S/C14H18N4O/c1-4-18-13(12(15)8-16-18)14(19)17-11-6-9(2)5-10(3)7-11/h5-8H,4,15H2,1-3H3,(H,17,19). The van der Waals surface area contributed by atoms with Crippen LogP contribution in [-0.4, -0.2) is 15.7 Å². The second-order valence-corrected chi connectivity index (χ2v) is 4.59. The van der Waals surface area contributed by atoms with Crippen LogP contribution in [0.1, 0.15) is 28.5 Å². The van der Waals surface area contributed by atoms with Gasteiger partial charge in [0.1, 0.15) is 5.69 Å². The molecular weight excluding hydrogens is 240 g/mol. The van der Waals surface area contributed by atoms with E-state index in [9.17, 15) is 4.79 Å². The topological polar surface area (TPSA) is 72.9 Å². The second kappa shape index (κ2) is 5.14. The smallest absolute Gasteiger partial charge is 0.276 e. The summed E-state index contributed by atoms with van der Waals surface area (Å²) >= 11 is 0. The lowest BCUT2D eigenvalue weighted by Crippen LogP contribution is -2.19. The van der Waals surface area contributed by atoms with E-state index in [1.54, 1.807) is 4.68 Å². The summed E-state index contributed by atoms with van der Waals surface area (Å²) < 4.78 is 1.59. The molecule has 0 unspecified atom stereocenters. The maximum absolute atomic E-state index is 12.2. The summed E-state index contributed by atoms with van der Waals surface area (Å²) in [4.78, 5) is 12.2. The first kappa shape index (κ1) is 13.1. The lowest BCUT2D eigenvalue weighted by Gasteiger charge is -2.09. The van der Waals surface area contributed by atoms with E-state index in [0.717, 1.165) is 16.8 Å². The highest BCUT2D eigenvalue weighted by atomic mass is 16.2. The molecule has 1 heterocycles. The van der Waals surface area contributed by atoms with Gasteiger partial charge in [0.05, 0.1) is 11.9 Å². The number of benzene rings is 1. The zero-order valence-corrected chi connectivity index (χ0v) is 11.4. The third kappa shape index (κ3) is 2.76. The number of nitrogens with two attached hydrogens (primary N) is 1. The lowest BCUT2D eigenvalue weighted by molar-refractivity contribution is 0.101. The maximum Gasteiger partial charge on any atom is 0.276 e. The van der Waals surface area contributed by atoms with Gasteiger partial charge in [0.2, 0.25) is 0 Å². The van der Waals surface area contributed by atoms with Crippen molar-refractivity contribution in [1.29, 1.82) is 0 Å². The van der Waals surface area contributed by atoms with Gasteiger partial charge < -0.3 is 11.1 Å². The van der Waals surface area contributed by atoms with Gasteiger partial charge in [-0.15, -0.1) is 0 Å². The van der Waals surface area contributed by atoms with Crippen molar-refractivity contribution < 1.29 is 4.79 Å². The van der Waals surface area contributed by atoms with E-state index < -0.39 is 0 Å². The minimum atomic E-state index is -0.234. The van der Waals surface area contributed by atoms with Crippen LogP contribution in [0.3, 0.4) is 0 Å². The highest BCUT2D eigenvalue weighted by molar-refractivity contribution is 6.06. The van der Waals surface area contributed by atoms with Crippen LogP contribution in [0.2, 0.25) is 0 Å². The third-order valence-corrected chi connectivity index (χ3v) is 2.86. The molecule has 0 spiro atoms. The SMILES string of the molecule is CCn1ncc(N)c1C(=O)Nc1cc(C)cc(C)c1. The first-order valence-electron chi connectivity index (χ1n) is 6.22. The molecule has 0 aliphatic rings. The van der Waals surface area contributed by atoms with Crippen LogP contribution in [0.15, 0.2) is 24.4 Å². The number of amides is 1. The molecule has 0 radical (unpaired) electrons. The molecule has 1 aromatic heterocycles. The first-order valence-corrected chi connectivity index (χ1v) is 6.22. The van der Waals surface area contributed by atoms with E-state index in [1.165, 1.54) is 6.20 Å². The summed E-state index contributed by atoms with van der Waals surface area (Å²) in [5.74, 6) is -0.234. The Labute approximate surface area is 112 Å². The van der Waals surface area contributed by atoms with E-state index >= 15 is 0 Å². The summed E-state index contributed by atoms with van der Waals surface area (Å²) in [5, 5.41) is 6.92. The van der Waals surface area contributed by atoms with Crippen LogP contribution in [0.4, 0.5) is 11.4 Å². The van der Waals surface area contributed by atoms with Gasteiger partial charge >= 0.3 is 0 Å². The van der Waals surface area contributed by atoms with Crippen molar-refractivity contribution in [3.8, 4) is 0 Å². The summed E-state index contributed by atoms with van der Waals surface area (Å²) in [7, 11) is 0. The number of anilines is 2. The quantitative estimate of drug-likeness (QED) is 0.887. The minimum Gasteiger partial charge on any atom is -0.396 e. The fourth-order valence-corrected chi connectivity index (χ4v) is 2.13. The van der Waals surface area contributed by atoms with Gasteiger partial charge in [-0.25, -0.2) is 0 Å². The Balaban J connectivity index is 2.28. The summed E-state index contributed by atoms with van der Waals surface area (Å²) in [6, 6.07) is 5.90. The Hall–Kier alpha value is -2.30. The number of aromatic nitrogens is 2. The van der Waals surface area contributed by atoms with Gasteiger partial charge in [-0.05, 0) is 44.0 Å². The van der Waals surface area contributed by atoms with Crippen molar-refractivity contribution in [3.05, 3.63) is 41.2 Å². The minimum absolute atomic E-state index is 0.234. The molecule has 0 aliphatic heterocycles. The molecule has 0 fully saturated rings. The fraction of sp³-hybridized carbons (Fsp3) is 0.286. The molecule has 2 aromatic rings. The number of aryl methyl sites for hydroxylation is 3. The average Bonchev–Trinajstić information content (AvgIpc) is 2.68. The van der Waals surface area contributed by atoms with Gasteiger partial charge in [-0.1, -0.05) is 6.07 Å². The summed E-state index contributed by atoms with van der Waals surface area (Å²) in [6.07, 6.45) is 1.50. The molecule has 2 rings (SSSR count). The average molecular weight is 258 g/mol. The monoisotopic (exact) mass is 258 g/mol. The predicted octanol–water partition coefficient (Wildman–Crippen LogP) is 2.35. The third-order valence-electron chi connectivity index (χ3n) is 2.86. The van der Waals surface area contributed by atoms with Gasteiger partial charge in [0, 0.05) is 12.2 Å². The summed E-state index contributed by atoms with van der Waals surface area (Å²) in [5.41, 5.74) is 9.56. The molecule has 0 aliphatic carbocycles. The lowest BCUT2D eigenvalue weighted by atomic mass is 10.1. The zero-order valence-electron chi connectivity index (χ0n) is 11.4. The Morgan fingerprint density at radius 2 is 1.95 bits per heavy atom. The van der Waals surface area contributed by atoms with Crippen LogP contribution in [0.5, 0.6) is 0 Å². The molecule has 19 heavy (non-hydrogen) atoms. The van der Waals surface area contributed by atoms with Crippen LogP contribution in [-0.2, 0) is 6.54 Å². The van der Waals surface area contributed by atoms with Crippen LogP contribution in [0.25, 0.3) is 0 Å². The highest BCUT2D eigenvalue weighted by Crippen LogP contribution is 2.17. The number of nitrogens with zero attached hydrogens (tertiary/aromatic N) is 2. The highest BCUT2D eigenvalue weighted by Gasteiger charge is 2.16. The molecule has 0 bridgehead atoms. The number of carbonyl (C=O) groups excluding carboxylic acids is 1. The van der Waals surface area contributed by atoms with E-state index in [2.05, 4.69) is 16.5 Å². The van der Waals surface area contributed by atoms with Crippen LogP contribution >= 0.6 is 0 Å². The van der Waals surface area contributed by atoms with Crippen molar-refractivity contribution in [2.24, 2.45) is 0 Å². The van der Waals surface area contributed by atoms with E-state index in [0.29, 0.717) is 17.9 Å². The number of carbonyl (C=O) groups is 1. The normalized spacial score (nSPS) is 10.5. The molecule has 1 amide bonds. The molecular formula is C14H18N4O. The molecule has 5 heteroatoms. The van der Waals surface area contributed by atoms with Crippen molar-refractivity contribution in [1.82, 2.24) is 9.78 Å². The van der Waals surface area contributed by atoms with Crippen LogP contribution < -0.4 is 11.1 Å². The number of nitrogen functional groups attached to an aromatic ring is 1. The van der Waals surface area contributed by atoms with Gasteiger partial charge in [0.15, 0.2) is 0 Å². The molecule has 0 atom stereocenters. The van der Waals surface area contributed by atoms with Crippen molar-refractivity contribution in [3.63, 3.8) is 0 Å². The van der Waals surface area contributed by atoms with E-state index in [1.807, 2.05) is 32.9 Å². The van der Waals surface area contributed by atoms with E-state index in [-0.39, 0.29) is 5.91 Å². The zero-order chi connectivity index (χ0) is 14.0.